The minimum atomic E-state index is -4.52. The number of alkyl halides is 3. The second-order valence-electron chi connectivity index (χ2n) is 8.45. The monoisotopic (exact) mass is 472 g/mol. The van der Waals surface area contributed by atoms with Gasteiger partial charge in [-0.1, -0.05) is 6.07 Å². The van der Waals surface area contributed by atoms with E-state index in [0.29, 0.717) is 17.1 Å². The molecule has 1 fully saturated rings. The molecule has 2 aromatic heterocycles. The molecule has 0 unspecified atom stereocenters. The Kier molecular flexibility index (Phi) is 5.64. The van der Waals surface area contributed by atoms with Crippen molar-refractivity contribution in [3.63, 3.8) is 0 Å². The van der Waals surface area contributed by atoms with Gasteiger partial charge >= 0.3 is 6.18 Å². The van der Waals surface area contributed by atoms with Gasteiger partial charge < -0.3 is 9.53 Å². The normalized spacial score (nSPS) is 20.8. The lowest BCUT2D eigenvalue weighted by molar-refractivity contribution is -0.141. The minimum absolute atomic E-state index is 0.133. The summed E-state index contributed by atoms with van der Waals surface area (Å²) in [5.74, 6) is 0.681. The molecule has 3 aromatic rings. The van der Waals surface area contributed by atoms with E-state index < -0.39 is 11.9 Å². The molecule has 0 spiro atoms. The van der Waals surface area contributed by atoms with Crippen molar-refractivity contribution in [2.24, 2.45) is 5.92 Å². The highest BCUT2D eigenvalue weighted by molar-refractivity contribution is 5.87. The average Bonchev–Trinajstić information content (AvgIpc) is 3.50. The topological polar surface area (TPSA) is 84.3 Å². The fourth-order valence-corrected chi connectivity index (χ4v) is 4.42. The molecule has 0 saturated heterocycles. The first kappa shape index (κ1) is 22.2. The second kappa shape index (κ2) is 8.64. The fraction of sp³-hybridized carbons (Fsp3) is 0.348. The summed E-state index contributed by atoms with van der Waals surface area (Å²) in [5.41, 5.74) is 6.81. The highest BCUT2D eigenvalue weighted by Gasteiger charge is 2.33. The Balaban J connectivity index is 1.43. The Hall–Kier alpha value is -3.60. The van der Waals surface area contributed by atoms with Gasteiger partial charge in [-0.2, -0.15) is 18.3 Å². The summed E-state index contributed by atoms with van der Waals surface area (Å²) in [7, 11) is 1.55. The maximum absolute atomic E-state index is 13.0. The molecule has 3 heterocycles. The lowest BCUT2D eigenvalue weighted by Crippen LogP contribution is -2.36. The molecule has 0 bridgehead atoms. The Labute approximate surface area is 193 Å². The number of carbonyl (C=O) groups excluding carboxylic acids is 1. The molecule has 1 aromatic carbocycles. The van der Waals surface area contributed by atoms with Crippen molar-refractivity contribution in [2.75, 3.05) is 12.1 Å². The summed E-state index contributed by atoms with van der Waals surface area (Å²) in [6.07, 6.45) is 3.64. The zero-order valence-corrected chi connectivity index (χ0v) is 18.3. The molecular formula is C23H23F3N6O2. The number of pyridine rings is 1. The number of aldehydes is 1. The lowest BCUT2D eigenvalue weighted by atomic mass is 9.87. The van der Waals surface area contributed by atoms with Crippen molar-refractivity contribution in [3.8, 4) is 5.75 Å². The van der Waals surface area contributed by atoms with E-state index in [1.807, 2.05) is 23.0 Å². The molecule has 1 saturated carbocycles. The van der Waals surface area contributed by atoms with Gasteiger partial charge in [-0.05, 0) is 43.9 Å². The van der Waals surface area contributed by atoms with Crippen LogP contribution in [-0.4, -0.2) is 28.2 Å². The zero-order valence-electron chi connectivity index (χ0n) is 18.3. The number of anilines is 1. The molecule has 2 aliphatic rings. The van der Waals surface area contributed by atoms with E-state index >= 15 is 0 Å². The van der Waals surface area contributed by atoms with Crippen molar-refractivity contribution in [1.82, 2.24) is 25.7 Å². The van der Waals surface area contributed by atoms with E-state index in [-0.39, 0.29) is 17.7 Å². The van der Waals surface area contributed by atoms with E-state index in [0.717, 1.165) is 48.9 Å². The maximum atomic E-state index is 13.0. The highest BCUT2D eigenvalue weighted by Crippen LogP contribution is 2.36. The minimum Gasteiger partial charge on any atom is -0.494 e. The number of nitrogens with one attached hydrogen (secondary N) is 2. The number of aromatic nitrogens is 3. The van der Waals surface area contributed by atoms with Gasteiger partial charge in [0, 0.05) is 23.6 Å². The number of hydrogen-bond donors (Lipinski definition) is 2. The van der Waals surface area contributed by atoms with Crippen LogP contribution < -0.4 is 20.7 Å². The van der Waals surface area contributed by atoms with Gasteiger partial charge in [0.25, 0.3) is 0 Å². The van der Waals surface area contributed by atoms with E-state index in [1.54, 1.807) is 18.3 Å². The molecule has 0 atom stereocenters. The van der Waals surface area contributed by atoms with Crippen molar-refractivity contribution in [1.29, 1.82) is 0 Å². The molecule has 11 heteroatoms. The predicted octanol–water partition coefficient (Wildman–Crippen LogP) is 4.22. The zero-order chi connectivity index (χ0) is 23.9. The molecule has 1 aliphatic heterocycles. The van der Waals surface area contributed by atoms with Crippen LogP contribution in [0, 0.1) is 5.92 Å². The first-order valence-corrected chi connectivity index (χ1v) is 11.0. The van der Waals surface area contributed by atoms with Crippen LogP contribution in [0.5, 0.6) is 5.75 Å². The molecule has 0 radical (unpaired) electrons. The van der Waals surface area contributed by atoms with Crippen LogP contribution in [0.3, 0.4) is 0 Å². The third kappa shape index (κ3) is 4.18. The molecule has 178 valence electrons. The third-order valence-corrected chi connectivity index (χ3v) is 6.27. The molecule has 8 nitrogen and oxygen atoms in total. The van der Waals surface area contributed by atoms with Gasteiger partial charge in [-0.25, -0.2) is 4.98 Å². The number of halogens is 3. The standard InChI is InChI=1S/C23H23F3N6O2/c1-34-21-10-18-15(11-31(29-18)16-7-5-14(13-33)6-8-16)9-20(21)32-12-19(28-30-32)17-3-2-4-22(27-17)23(24,25)26/h2-4,9-14,16,28,30H,5-8H2,1H3/t14-,16-. The largest absolute Gasteiger partial charge is 0.494 e. The van der Waals surface area contributed by atoms with Gasteiger partial charge in [-0.3, -0.25) is 15.1 Å². The number of ether oxygens (including phenoxy) is 1. The van der Waals surface area contributed by atoms with Crippen LogP contribution in [0.15, 0.2) is 42.7 Å². The number of methoxy groups -OCH3 is 1. The lowest BCUT2D eigenvalue weighted by Gasteiger charge is -2.25. The van der Waals surface area contributed by atoms with Crippen molar-refractivity contribution in [3.05, 3.63) is 54.1 Å². The summed E-state index contributed by atoms with van der Waals surface area (Å²) in [4.78, 5) is 14.8. The molecule has 2 N–H and O–H groups in total. The average molecular weight is 472 g/mol. The van der Waals surface area contributed by atoms with Crippen LogP contribution >= 0.6 is 0 Å². The van der Waals surface area contributed by atoms with Gasteiger partial charge in [0.15, 0.2) is 0 Å². The third-order valence-electron chi connectivity index (χ3n) is 6.27. The first-order chi connectivity index (χ1) is 16.4. The Morgan fingerprint density at radius 3 is 2.68 bits per heavy atom. The molecule has 5 rings (SSSR count). The summed E-state index contributed by atoms with van der Waals surface area (Å²) in [6, 6.07) is 7.73. The van der Waals surface area contributed by atoms with Crippen molar-refractivity contribution in [2.45, 2.75) is 37.9 Å². The number of hydrogen-bond acceptors (Lipinski definition) is 7. The van der Waals surface area contributed by atoms with Crippen LogP contribution in [0.4, 0.5) is 18.9 Å². The van der Waals surface area contributed by atoms with Crippen molar-refractivity contribution >= 4 is 28.6 Å². The highest BCUT2D eigenvalue weighted by atomic mass is 19.4. The number of fused-ring (bicyclic) bond motifs is 1. The van der Waals surface area contributed by atoms with E-state index in [9.17, 15) is 18.0 Å². The predicted molar refractivity (Wildman–Crippen MR) is 119 cm³/mol. The second-order valence-corrected chi connectivity index (χ2v) is 8.45. The van der Waals surface area contributed by atoms with Crippen LogP contribution in [-0.2, 0) is 11.0 Å². The first-order valence-electron chi connectivity index (χ1n) is 11.0. The number of hydrazine groups is 2. The Morgan fingerprint density at radius 2 is 1.97 bits per heavy atom. The smallest absolute Gasteiger partial charge is 0.433 e. The van der Waals surface area contributed by atoms with E-state index in [1.165, 1.54) is 12.1 Å². The summed E-state index contributed by atoms with van der Waals surface area (Å²) in [6.45, 7) is 0. The quantitative estimate of drug-likeness (QED) is 0.538. The molecule has 1 aliphatic carbocycles. The fourth-order valence-electron chi connectivity index (χ4n) is 4.42. The molecule has 0 amide bonds. The van der Waals surface area contributed by atoms with Gasteiger partial charge in [0.2, 0.25) is 0 Å². The summed E-state index contributed by atoms with van der Waals surface area (Å²) >= 11 is 0. The van der Waals surface area contributed by atoms with Crippen LogP contribution in [0.25, 0.3) is 16.6 Å². The summed E-state index contributed by atoms with van der Waals surface area (Å²) < 4.78 is 46.7. The van der Waals surface area contributed by atoms with E-state index in [4.69, 9.17) is 9.84 Å². The van der Waals surface area contributed by atoms with Gasteiger partial charge in [-0.15, -0.1) is 5.53 Å². The van der Waals surface area contributed by atoms with E-state index in [2.05, 4.69) is 15.9 Å². The van der Waals surface area contributed by atoms with Crippen molar-refractivity contribution < 1.29 is 22.7 Å². The maximum Gasteiger partial charge on any atom is 0.433 e. The number of carbonyl (C=O) groups is 1. The van der Waals surface area contributed by atoms with Gasteiger partial charge in [0.05, 0.1) is 36.3 Å². The van der Waals surface area contributed by atoms with Crippen LogP contribution in [0.2, 0.25) is 0 Å². The SMILES string of the molecule is COc1cc2nn([C@H]3CC[C@H](C=O)CC3)cc2cc1N1C=C(c2cccc(C(F)(F)F)n2)NN1. The molecular weight excluding hydrogens is 449 g/mol. The number of rotatable bonds is 5. The Bertz CT molecular complexity index is 1250. The Morgan fingerprint density at radius 1 is 1.18 bits per heavy atom. The number of nitrogens with zero attached hydrogens (tertiary/aromatic N) is 4. The number of benzene rings is 1. The van der Waals surface area contributed by atoms with Gasteiger partial charge in [0.1, 0.15) is 23.4 Å². The summed E-state index contributed by atoms with van der Waals surface area (Å²) in [5, 5.41) is 7.25. The van der Waals surface area contributed by atoms with Crippen LogP contribution in [0.1, 0.15) is 43.1 Å². The molecule has 34 heavy (non-hydrogen) atoms.